The topological polar surface area (TPSA) is 120 Å². The highest BCUT2D eigenvalue weighted by atomic mass is 35.6. The zero-order valence-corrected chi connectivity index (χ0v) is 28.4. The van der Waals surface area contributed by atoms with E-state index < -0.39 is 68.1 Å². The minimum absolute atomic E-state index is 0.0556. The number of hydrogen-bond donors (Lipinski definition) is 2. The van der Waals surface area contributed by atoms with Crippen LogP contribution in [0, 0.1) is 16.2 Å². The van der Waals surface area contributed by atoms with Crippen molar-refractivity contribution in [2.24, 2.45) is 5.41 Å². The van der Waals surface area contributed by atoms with Crippen LogP contribution in [0.15, 0.2) is 60.7 Å². The normalized spacial score (nSPS) is 22.6. The van der Waals surface area contributed by atoms with Crippen LogP contribution in [0.4, 0.5) is 0 Å². The SMILES string of the molecule is CC(C)(C)C(=O)O[C@@H]1[C@H](OCc2ccccc2)[C@@H](OCc2ccccc2)[C@@H](OC(=N)C(Cl)(Cl)Cl)O[C@@H]1COC(=N)C(Cl)(Cl)Cl. The molecule has 0 amide bonds. The summed E-state index contributed by atoms with van der Waals surface area (Å²) in [5.41, 5.74) is 0.679. The first-order valence-electron chi connectivity index (χ1n) is 13.3. The Morgan fingerprint density at radius 3 is 1.66 bits per heavy atom. The quantitative estimate of drug-likeness (QED) is 0.112. The third-order valence-electron chi connectivity index (χ3n) is 6.16. The Labute approximate surface area is 286 Å². The molecular formula is C29H32Cl6N2O7. The highest BCUT2D eigenvalue weighted by Crippen LogP contribution is 2.36. The van der Waals surface area contributed by atoms with Gasteiger partial charge in [0.1, 0.15) is 24.9 Å². The van der Waals surface area contributed by atoms with Gasteiger partial charge < -0.3 is 28.4 Å². The van der Waals surface area contributed by atoms with Crippen molar-refractivity contribution in [3.63, 3.8) is 0 Å². The number of ether oxygens (including phenoxy) is 6. The molecule has 0 bridgehead atoms. The van der Waals surface area contributed by atoms with Crippen molar-refractivity contribution in [3.05, 3.63) is 71.8 Å². The van der Waals surface area contributed by atoms with Gasteiger partial charge in [-0.25, -0.2) is 0 Å². The van der Waals surface area contributed by atoms with Gasteiger partial charge in [-0.2, -0.15) is 0 Å². The molecule has 0 aromatic heterocycles. The maximum absolute atomic E-state index is 13.2. The first-order chi connectivity index (χ1) is 20.5. The smallest absolute Gasteiger partial charge is 0.311 e. The third kappa shape index (κ3) is 11.1. The maximum Gasteiger partial charge on any atom is 0.311 e. The van der Waals surface area contributed by atoms with E-state index in [9.17, 15) is 4.79 Å². The molecule has 0 saturated carbocycles. The second-order valence-corrected chi connectivity index (χ2v) is 15.3. The second kappa shape index (κ2) is 15.8. The fraction of sp³-hybridized carbons (Fsp3) is 0.483. The lowest BCUT2D eigenvalue weighted by Gasteiger charge is -2.45. The monoisotopic (exact) mass is 730 g/mol. The molecule has 0 spiro atoms. The summed E-state index contributed by atoms with van der Waals surface area (Å²) >= 11 is 35.2. The van der Waals surface area contributed by atoms with Gasteiger partial charge in [0, 0.05) is 0 Å². The first kappa shape index (κ1) is 36.9. The van der Waals surface area contributed by atoms with E-state index in [4.69, 9.17) is 109 Å². The van der Waals surface area contributed by atoms with Crippen molar-refractivity contribution in [2.75, 3.05) is 6.61 Å². The van der Waals surface area contributed by atoms with Crippen LogP contribution in [-0.4, -0.2) is 62.7 Å². The summed E-state index contributed by atoms with van der Waals surface area (Å²) in [6.45, 7) is 4.71. The van der Waals surface area contributed by atoms with Crippen LogP contribution in [0.3, 0.4) is 0 Å². The van der Waals surface area contributed by atoms with E-state index >= 15 is 0 Å². The van der Waals surface area contributed by atoms with Gasteiger partial charge in [0.25, 0.3) is 7.59 Å². The van der Waals surface area contributed by atoms with Gasteiger partial charge in [0.05, 0.1) is 18.6 Å². The van der Waals surface area contributed by atoms with Crippen LogP contribution in [0.1, 0.15) is 31.9 Å². The molecule has 1 saturated heterocycles. The lowest BCUT2D eigenvalue weighted by Crippen LogP contribution is -2.63. The van der Waals surface area contributed by atoms with Crippen molar-refractivity contribution in [1.82, 2.24) is 0 Å². The Kier molecular flexibility index (Phi) is 13.3. The zero-order chi connectivity index (χ0) is 32.7. The summed E-state index contributed by atoms with van der Waals surface area (Å²) in [5, 5.41) is 16.2. The summed E-state index contributed by atoms with van der Waals surface area (Å²) in [6, 6.07) is 18.5. The van der Waals surface area contributed by atoms with Crippen LogP contribution in [0.2, 0.25) is 0 Å². The Hall–Kier alpha value is -1.53. The molecular weight excluding hydrogens is 701 g/mol. The van der Waals surface area contributed by atoms with E-state index in [1.54, 1.807) is 20.8 Å². The predicted molar refractivity (Wildman–Crippen MR) is 171 cm³/mol. The molecule has 5 atom stereocenters. The summed E-state index contributed by atoms with van der Waals surface area (Å²) in [4.78, 5) is 13.2. The average Bonchev–Trinajstić information content (AvgIpc) is 2.94. The van der Waals surface area contributed by atoms with Gasteiger partial charge in [0.2, 0.25) is 18.1 Å². The van der Waals surface area contributed by atoms with Crippen LogP contribution in [0.25, 0.3) is 0 Å². The standard InChI is InChI=1S/C29H32Cl6N2O7/c1-27(2,3)26(38)43-20-19(16-41-24(36)28(30,31)32)42-23(44-25(37)29(33,34)35)22(40-15-18-12-8-5-9-13-18)21(20)39-14-17-10-6-4-7-11-17/h4-13,19-23,36-37H,14-16H2,1-3H3/t19-,20+,21+,22-,23-/m1/s1. The molecule has 1 fully saturated rings. The predicted octanol–water partition coefficient (Wildman–Crippen LogP) is 7.57. The van der Waals surface area contributed by atoms with E-state index in [1.165, 1.54) is 0 Å². The molecule has 242 valence electrons. The van der Waals surface area contributed by atoms with Gasteiger partial charge >= 0.3 is 5.97 Å². The number of benzene rings is 2. The van der Waals surface area contributed by atoms with Crippen molar-refractivity contribution >= 4 is 87.4 Å². The van der Waals surface area contributed by atoms with Crippen molar-refractivity contribution < 1.29 is 33.2 Å². The largest absolute Gasteiger partial charge is 0.475 e. The number of alkyl halides is 6. The van der Waals surface area contributed by atoms with E-state index in [1.807, 2.05) is 60.7 Å². The van der Waals surface area contributed by atoms with E-state index in [2.05, 4.69) is 0 Å². The van der Waals surface area contributed by atoms with Crippen LogP contribution < -0.4 is 0 Å². The minimum atomic E-state index is -2.24. The molecule has 2 N–H and O–H groups in total. The van der Waals surface area contributed by atoms with Crippen LogP contribution in [-0.2, 0) is 46.4 Å². The maximum atomic E-state index is 13.2. The van der Waals surface area contributed by atoms with Gasteiger partial charge in [-0.15, -0.1) is 0 Å². The lowest BCUT2D eigenvalue weighted by molar-refractivity contribution is -0.306. The fourth-order valence-corrected chi connectivity index (χ4v) is 4.18. The minimum Gasteiger partial charge on any atom is -0.475 e. The second-order valence-electron chi connectivity index (χ2n) is 10.8. The van der Waals surface area contributed by atoms with E-state index in [0.717, 1.165) is 11.1 Å². The number of nitrogens with one attached hydrogen (secondary N) is 2. The number of esters is 1. The molecule has 0 unspecified atom stereocenters. The van der Waals surface area contributed by atoms with E-state index in [-0.39, 0.29) is 13.2 Å². The van der Waals surface area contributed by atoms with Crippen LogP contribution >= 0.6 is 69.6 Å². The van der Waals surface area contributed by atoms with Gasteiger partial charge in [-0.3, -0.25) is 15.6 Å². The zero-order valence-electron chi connectivity index (χ0n) is 23.9. The molecule has 44 heavy (non-hydrogen) atoms. The molecule has 1 heterocycles. The van der Waals surface area contributed by atoms with Crippen molar-refractivity contribution in [2.45, 2.75) is 72.3 Å². The molecule has 1 aliphatic rings. The first-order valence-corrected chi connectivity index (χ1v) is 15.5. The number of hydrogen-bond acceptors (Lipinski definition) is 9. The Bertz CT molecular complexity index is 1250. The van der Waals surface area contributed by atoms with Gasteiger partial charge in [-0.05, 0) is 31.9 Å². The number of carbonyl (C=O) groups is 1. The molecule has 1 aliphatic heterocycles. The lowest BCUT2D eigenvalue weighted by atomic mass is 9.95. The van der Waals surface area contributed by atoms with Crippen molar-refractivity contribution in [3.8, 4) is 0 Å². The third-order valence-corrected chi connectivity index (χ3v) is 7.19. The van der Waals surface area contributed by atoms with Crippen molar-refractivity contribution in [1.29, 1.82) is 10.8 Å². The summed E-state index contributed by atoms with van der Waals surface area (Å²) in [5.74, 6) is -2.06. The Morgan fingerprint density at radius 1 is 0.727 bits per heavy atom. The molecule has 15 heteroatoms. The molecule has 2 aromatic rings. The van der Waals surface area contributed by atoms with E-state index in [0.29, 0.717) is 0 Å². The number of carbonyl (C=O) groups excluding carboxylic acids is 1. The highest BCUT2D eigenvalue weighted by molar-refractivity contribution is 6.76. The molecule has 0 aliphatic carbocycles. The van der Waals surface area contributed by atoms with Crippen LogP contribution in [0.5, 0.6) is 0 Å². The number of rotatable bonds is 10. The number of halogens is 6. The molecule has 9 nitrogen and oxygen atoms in total. The molecule has 3 rings (SSSR count). The Morgan fingerprint density at radius 2 is 1.20 bits per heavy atom. The average molecular weight is 733 g/mol. The van der Waals surface area contributed by atoms with Gasteiger partial charge in [-0.1, -0.05) is 130 Å². The van der Waals surface area contributed by atoms with Gasteiger partial charge in [0.15, 0.2) is 6.10 Å². The Balaban J connectivity index is 2.06. The fourth-order valence-electron chi connectivity index (χ4n) is 3.88. The summed E-state index contributed by atoms with van der Waals surface area (Å²) < 4.78 is 31.5. The molecule has 0 radical (unpaired) electrons. The molecule has 2 aromatic carbocycles. The summed E-state index contributed by atoms with van der Waals surface area (Å²) in [7, 11) is 0. The highest BCUT2D eigenvalue weighted by Gasteiger charge is 2.53. The summed E-state index contributed by atoms with van der Waals surface area (Å²) in [6.07, 6.45) is -6.07.